The zero-order valence-corrected chi connectivity index (χ0v) is 17.3. The molecule has 1 aromatic heterocycles. The second kappa shape index (κ2) is 8.86. The molecule has 1 aliphatic heterocycles. The van der Waals surface area contributed by atoms with Gasteiger partial charge in [-0.25, -0.2) is 18.2 Å². The van der Waals surface area contributed by atoms with Gasteiger partial charge in [0.25, 0.3) is 5.56 Å². The minimum absolute atomic E-state index is 0.242. The van der Waals surface area contributed by atoms with Crippen molar-refractivity contribution in [1.29, 1.82) is 0 Å². The topological polar surface area (TPSA) is 258 Å². The fourth-order valence-electron chi connectivity index (χ4n) is 2.25. The maximum atomic E-state index is 11.8. The highest BCUT2D eigenvalue weighted by atomic mass is 32.5. The molecule has 1 saturated heterocycles. The van der Waals surface area contributed by atoms with E-state index < -0.39 is 64.6 Å². The molecular weight excluding hydrogens is 485 g/mol. The number of aliphatic hydroxyl groups is 2. The van der Waals surface area contributed by atoms with Crippen LogP contribution in [0.15, 0.2) is 15.8 Å². The molecular formula is C9H15N2O14P3S. The summed E-state index contributed by atoms with van der Waals surface area (Å²) in [5, 5.41) is 20.0. The summed E-state index contributed by atoms with van der Waals surface area (Å²) in [6, 6.07) is 0. The highest BCUT2D eigenvalue weighted by Gasteiger charge is 2.46. The van der Waals surface area contributed by atoms with Gasteiger partial charge >= 0.3 is 28.1 Å². The SMILES string of the molecule is O=c1[nH]cc([C@@H]2O[C@H](COP(O)(=S)OP(=O)(O)OP(=O)(O)O)[C@@H](O)[C@H]2O)c(=O)[nH]1. The molecule has 2 unspecified atom stereocenters. The van der Waals surface area contributed by atoms with E-state index in [1.54, 1.807) is 0 Å². The van der Waals surface area contributed by atoms with Crippen LogP contribution in [0.5, 0.6) is 0 Å². The molecule has 0 radical (unpaired) electrons. The van der Waals surface area contributed by atoms with Crippen LogP contribution in [-0.4, -0.2) is 64.7 Å². The van der Waals surface area contributed by atoms with E-state index in [1.807, 2.05) is 4.98 Å². The van der Waals surface area contributed by atoms with Gasteiger partial charge in [0.15, 0.2) is 0 Å². The first-order chi connectivity index (χ1) is 13.1. The van der Waals surface area contributed by atoms with Crippen LogP contribution in [0.1, 0.15) is 11.7 Å². The highest BCUT2D eigenvalue weighted by molar-refractivity contribution is 8.08. The summed E-state index contributed by atoms with van der Waals surface area (Å²) < 4.78 is 39.4. The average Bonchev–Trinajstić information content (AvgIpc) is 2.78. The van der Waals surface area contributed by atoms with Gasteiger partial charge in [0.05, 0.1) is 12.2 Å². The Bertz CT molecular complexity index is 1000. The van der Waals surface area contributed by atoms with Crippen LogP contribution < -0.4 is 11.2 Å². The lowest BCUT2D eigenvalue weighted by Gasteiger charge is -2.21. The van der Waals surface area contributed by atoms with Gasteiger partial charge in [-0.05, 0) is 11.8 Å². The maximum Gasteiger partial charge on any atom is 0.488 e. The second-order valence-corrected chi connectivity index (χ2v) is 11.3. The smallest absolute Gasteiger partial charge is 0.387 e. The molecule has 0 spiro atoms. The Labute approximate surface area is 165 Å². The van der Waals surface area contributed by atoms with Gasteiger partial charge in [-0.3, -0.25) is 9.78 Å². The molecule has 0 saturated carbocycles. The largest absolute Gasteiger partial charge is 0.488 e. The summed E-state index contributed by atoms with van der Waals surface area (Å²) in [6.45, 7) is -5.48. The van der Waals surface area contributed by atoms with Crippen LogP contribution in [0.4, 0.5) is 0 Å². The van der Waals surface area contributed by atoms with Gasteiger partial charge < -0.3 is 44.0 Å². The molecule has 2 rings (SSSR count). The number of hydrogen-bond donors (Lipinski definition) is 8. The van der Waals surface area contributed by atoms with E-state index in [2.05, 4.69) is 29.9 Å². The molecule has 2 heterocycles. The predicted octanol–water partition coefficient (Wildman–Crippen LogP) is -2.32. The van der Waals surface area contributed by atoms with E-state index in [4.69, 9.17) is 19.4 Å². The molecule has 0 aromatic carbocycles. The molecule has 16 nitrogen and oxygen atoms in total. The van der Waals surface area contributed by atoms with Gasteiger partial charge in [-0.15, -0.1) is 0 Å². The van der Waals surface area contributed by atoms with Crippen molar-refractivity contribution in [2.24, 2.45) is 0 Å². The van der Waals surface area contributed by atoms with E-state index in [1.165, 1.54) is 0 Å². The van der Waals surface area contributed by atoms with Crippen molar-refractivity contribution in [3.8, 4) is 0 Å². The lowest BCUT2D eigenvalue weighted by Crippen LogP contribution is -2.34. The molecule has 29 heavy (non-hydrogen) atoms. The van der Waals surface area contributed by atoms with E-state index >= 15 is 0 Å². The Morgan fingerprint density at radius 2 is 1.72 bits per heavy atom. The summed E-state index contributed by atoms with van der Waals surface area (Å²) in [7, 11) is -11.0. The summed E-state index contributed by atoms with van der Waals surface area (Å²) in [5.41, 5.74) is -1.97. The Morgan fingerprint density at radius 3 is 2.28 bits per heavy atom. The van der Waals surface area contributed by atoms with E-state index in [-0.39, 0.29) is 5.56 Å². The molecule has 1 aromatic rings. The third-order valence-electron chi connectivity index (χ3n) is 3.33. The average molecular weight is 500 g/mol. The Hall–Kier alpha value is -0.610. The number of hydrogen-bond acceptors (Lipinski definition) is 11. The quantitative estimate of drug-likeness (QED) is 0.174. The van der Waals surface area contributed by atoms with Crippen LogP contribution in [0.3, 0.4) is 0 Å². The van der Waals surface area contributed by atoms with Crippen LogP contribution >= 0.6 is 22.4 Å². The number of phosphoric acid groups is 2. The number of H-pyrrole nitrogens is 2. The first-order valence-electron chi connectivity index (χ1n) is 7.22. The number of aromatic amines is 2. The Kier molecular flexibility index (Phi) is 7.54. The molecule has 0 aliphatic carbocycles. The molecule has 20 heteroatoms. The van der Waals surface area contributed by atoms with Gasteiger partial charge in [-0.2, -0.15) is 4.31 Å². The van der Waals surface area contributed by atoms with Crippen molar-refractivity contribution < 1.29 is 56.8 Å². The van der Waals surface area contributed by atoms with Gasteiger partial charge in [0.2, 0.25) is 0 Å². The van der Waals surface area contributed by atoms with Gasteiger partial charge in [-0.1, -0.05) is 0 Å². The van der Waals surface area contributed by atoms with Gasteiger partial charge in [0, 0.05) is 6.20 Å². The molecule has 0 amide bonds. The Balaban J connectivity index is 2.06. The van der Waals surface area contributed by atoms with Crippen LogP contribution in [0.25, 0.3) is 0 Å². The Morgan fingerprint density at radius 1 is 1.10 bits per heavy atom. The minimum Gasteiger partial charge on any atom is -0.387 e. The third-order valence-corrected chi connectivity index (χ3v) is 8.05. The van der Waals surface area contributed by atoms with Crippen molar-refractivity contribution in [3.63, 3.8) is 0 Å². The molecule has 0 bridgehead atoms. The second-order valence-electron chi connectivity index (χ2n) is 5.49. The number of nitrogens with one attached hydrogen (secondary N) is 2. The lowest BCUT2D eigenvalue weighted by molar-refractivity contribution is -0.0196. The van der Waals surface area contributed by atoms with E-state index in [0.29, 0.717) is 0 Å². The standard InChI is InChI=1S/C9H15N2O14P3S/c12-5-4(2-22-28(21,29)25-27(19,20)24-26(16,17)18)23-7(6(5)13)3-1-10-9(15)11-8(3)14/h1,4-7,12-13H,2H2,(H,19,20)(H,21,29)(H2,16,17,18)(H2,10,11,14,15)/t4-,5-,6-,7+,28?/m1/s1. The highest BCUT2D eigenvalue weighted by Crippen LogP contribution is 2.66. The summed E-state index contributed by atoms with van der Waals surface area (Å²) in [5.74, 6) is 0. The van der Waals surface area contributed by atoms with Crippen molar-refractivity contribution in [3.05, 3.63) is 32.6 Å². The maximum absolute atomic E-state index is 11.8. The molecule has 8 N–H and O–H groups in total. The predicted molar refractivity (Wildman–Crippen MR) is 93.8 cm³/mol. The van der Waals surface area contributed by atoms with Crippen molar-refractivity contribution >= 4 is 34.2 Å². The molecule has 166 valence electrons. The minimum atomic E-state index is -5.52. The van der Waals surface area contributed by atoms with Crippen LogP contribution in [-0.2, 0) is 38.8 Å². The fraction of sp³-hybridized carbons (Fsp3) is 0.556. The van der Waals surface area contributed by atoms with Crippen molar-refractivity contribution in [2.75, 3.05) is 6.61 Å². The van der Waals surface area contributed by atoms with Crippen LogP contribution in [0.2, 0.25) is 0 Å². The zero-order chi connectivity index (χ0) is 22.2. The summed E-state index contributed by atoms with van der Waals surface area (Å²) in [6.07, 6.45) is -5.26. The van der Waals surface area contributed by atoms with Crippen molar-refractivity contribution in [2.45, 2.75) is 24.4 Å². The van der Waals surface area contributed by atoms with E-state index in [0.717, 1.165) is 6.20 Å². The number of ether oxygens (including phenoxy) is 1. The summed E-state index contributed by atoms with van der Waals surface area (Å²) in [4.78, 5) is 62.8. The fourth-order valence-corrected chi connectivity index (χ4v) is 6.22. The zero-order valence-electron chi connectivity index (χ0n) is 13.8. The van der Waals surface area contributed by atoms with Crippen LogP contribution in [0, 0.1) is 0 Å². The van der Waals surface area contributed by atoms with E-state index in [9.17, 15) is 33.8 Å². The monoisotopic (exact) mass is 500 g/mol. The molecule has 1 aliphatic rings. The number of aliphatic hydroxyl groups excluding tert-OH is 2. The number of rotatable bonds is 8. The van der Waals surface area contributed by atoms with Gasteiger partial charge in [0.1, 0.15) is 24.4 Å². The normalized spacial score (nSPS) is 29.3. The number of aromatic nitrogens is 2. The molecule has 1 fully saturated rings. The van der Waals surface area contributed by atoms with Crippen molar-refractivity contribution in [1.82, 2.24) is 9.97 Å². The molecule has 6 atom stereocenters. The third kappa shape index (κ3) is 6.95. The summed E-state index contributed by atoms with van der Waals surface area (Å²) >= 11 is 4.40. The first kappa shape index (κ1) is 24.7. The first-order valence-corrected chi connectivity index (χ1v) is 12.8. The lowest BCUT2D eigenvalue weighted by atomic mass is 10.0.